The van der Waals surface area contributed by atoms with Gasteiger partial charge in [-0.25, -0.2) is 4.18 Å². The van der Waals surface area contributed by atoms with Crippen LogP contribution in [-0.2, 0) is 30.5 Å². The SMILES string of the molecule is CCCCCCCCCc1ccccc1OCCOCCOCCOS(=O)(=O)O.[NaH]. The summed E-state index contributed by atoms with van der Waals surface area (Å²) in [6, 6.07) is 8.14. The molecule has 0 spiro atoms. The zero-order chi connectivity index (χ0) is 21.2. The number of unbranched alkanes of at least 4 members (excludes halogenated alkanes) is 6. The second-order valence-corrected chi connectivity index (χ2v) is 7.89. The summed E-state index contributed by atoms with van der Waals surface area (Å²) >= 11 is 0. The molecule has 0 aliphatic carbocycles. The summed E-state index contributed by atoms with van der Waals surface area (Å²) in [6.45, 7) is 3.65. The number of rotatable bonds is 19. The van der Waals surface area contributed by atoms with Gasteiger partial charge in [-0.05, 0) is 24.5 Å². The van der Waals surface area contributed by atoms with Crippen molar-refractivity contribution >= 4 is 40.0 Å². The van der Waals surface area contributed by atoms with Crippen LogP contribution in [0.25, 0.3) is 0 Å². The molecule has 0 atom stereocenters. The van der Waals surface area contributed by atoms with Crippen molar-refractivity contribution in [2.24, 2.45) is 0 Å². The van der Waals surface area contributed by atoms with Crippen LogP contribution in [0.2, 0.25) is 0 Å². The molecule has 0 saturated carbocycles. The second kappa shape index (κ2) is 19.5. The third-order valence-corrected chi connectivity index (χ3v) is 4.80. The van der Waals surface area contributed by atoms with Gasteiger partial charge in [-0.15, -0.1) is 0 Å². The minimum atomic E-state index is -4.40. The van der Waals surface area contributed by atoms with Crippen molar-refractivity contribution in [1.29, 1.82) is 0 Å². The van der Waals surface area contributed by atoms with Crippen LogP contribution < -0.4 is 4.74 Å². The third kappa shape index (κ3) is 17.5. The Bertz CT molecular complexity index is 626. The predicted octanol–water partition coefficient (Wildman–Crippen LogP) is 3.56. The molecule has 0 heterocycles. The van der Waals surface area contributed by atoms with Gasteiger partial charge in [-0.3, -0.25) is 4.55 Å². The number of aryl methyl sites for hydroxylation is 1. The monoisotopic (exact) mass is 456 g/mol. The van der Waals surface area contributed by atoms with Crippen LogP contribution in [0.15, 0.2) is 24.3 Å². The first kappa shape index (κ1) is 29.8. The van der Waals surface area contributed by atoms with E-state index in [1.165, 1.54) is 50.5 Å². The standard InChI is InChI=1S/C21H36O7S.Na.H/c1-2-3-4-5-6-7-8-11-20-12-9-10-13-21(20)27-18-16-25-14-15-26-17-19-28-29(22,23)24;;/h9-10,12-13H,2-8,11,14-19H2,1H3,(H,22,23,24);;. The van der Waals surface area contributed by atoms with E-state index in [0.29, 0.717) is 26.4 Å². The van der Waals surface area contributed by atoms with E-state index in [0.717, 1.165) is 12.2 Å². The molecule has 0 fully saturated rings. The molecule has 0 aliphatic rings. The number of hydrogen-bond acceptors (Lipinski definition) is 6. The van der Waals surface area contributed by atoms with Crippen molar-refractivity contribution in [2.45, 2.75) is 58.3 Å². The van der Waals surface area contributed by atoms with Crippen LogP contribution in [0.1, 0.15) is 57.4 Å². The number of hydrogen-bond donors (Lipinski definition) is 1. The van der Waals surface area contributed by atoms with Gasteiger partial charge in [0.2, 0.25) is 0 Å². The normalized spacial score (nSPS) is 11.3. The molecule has 1 N–H and O–H groups in total. The molecule has 0 radical (unpaired) electrons. The molecule has 0 amide bonds. The fraction of sp³-hybridized carbons (Fsp3) is 0.714. The average molecular weight is 457 g/mol. The second-order valence-electron chi connectivity index (χ2n) is 6.80. The van der Waals surface area contributed by atoms with Gasteiger partial charge in [0.05, 0.1) is 33.0 Å². The van der Waals surface area contributed by atoms with E-state index < -0.39 is 10.4 Å². The molecular weight excluding hydrogens is 419 g/mol. The van der Waals surface area contributed by atoms with Crippen molar-refractivity contribution in [1.82, 2.24) is 0 Å². The van der Waals surface area contributed by atoms with Crippen LogP contribution >= 0.6 is 0 Å². The summed E-state index contributed by atoms with van der Waals surface area (Å²) in [7, 11) is -4.40. The fourth-order valence-electron chi connectivity index (χ4n) is 2.85. The van der Waals surface area contributed by atoms with E-state index in [9.17, 15) is 8.42 Å². The van der Waals surface area contributed by atoms with Gasteiger partial charge >= 0.3 is 40.0 Å². The van der Waals surface area contributed by atoms with Gasteiger partial charge in [0.15, 0.2) is 0 Å². The number of benzene rings is 1. The molecule has 0 saturated heterocycles. The zero-order valence-electron chi connectivity index (χ0n) is 17.5. The molecule has 0 bridgehead atoms. The third-order valence-electron chi connectivity index (χ3n) is 4.34. The molecule has 1 aromatic rings. The summed E-state index contributed by atoms with van der Waals surface area (Å²) in [5.74, 6) is 0.917. The molecule has 0 aliphatic heterocycles. The maximum absolute atomic E-state index is 10.3. The first-order chi connectivity index (χ1) is 14.0. The van der Waals surface area contributed by atoms with Gasteiger partial charge < -0.3 is 14.2 Å². The van der Waals surface area contributed by atoms with Crippen molar-refractivity contribution < 1.29 is 31.4 Å². The van der Waals surface area contributed by atoms with E-state index in [1.54, 1.807) is 0 Å². The first-order valence-corrected chi connectivity index (χ1v) is 11.9. The Morgan fingerprint density at radius 1 is 0.800 bits per heavy atom. The molecule has 1 aromatic carbocycles. The van der Waals surface area contributed by atoms with E-state index in [4.69, 9.17) is 18.8 Å². The maximum atomic E-state index is 10.3. The summed E-state index contributed by atoms with van der Waals surface area (Å²) in [5, 5.41) is 0. The summed E-state index contributed by atoms with van der Waals surface area (Å²) in [6.07, 6.45) is 10.1. The molecule has 9 heteroatoms. The fourth-order valence-corrected chi connectivity index (χ4v) is 3.13. The molecule has 0 aromatic heterocycles. The quantitative estimate of drug-likeness (QED) is 0.193. The minimum absolute atomic E-state index is 0. The van der Waals surface area contributed by atoms with Crippen molar-refractivity contribution in [3.05, 3.63) is 29.8 Å². The molecule has 30 heavy (non-hydrogen) atoms. The number of para-hydroxylation sites is 1. The molecule has 0 unspecified atom stereocenters. The molecule has 7 nitrogen and oxygen atoms in total. The Kier molecular flexibility index (Phi) is 19.4. The van der Waals surface area contributed by atoms with Crippen LogP contribution in [0.5, 0.6) is 5.75 Å². The Labute approximate surface area is 204 Å². The van der Waals surface area contributed by atoms with E-state index in [2.05, 4.69) is 17.2 Å². The Balaban J connectivity index is 0.00000841. The zero-order valence-corrected chi connectivity index (χ0v) is 18.3. The van der Waals surface area contributed by atoms with E-state index in [-0.39, 0.29) is 42.8 Å². The van der Waals surface area contributed by atoms with Crippen LogP contribution in [-0.4, -0.2) is 82.2 Å². The Morgan fingerprint density at radius 3 is 2.03 bits per heavy atom. The predicted molar refractivity (Wildman–Crippen MR) is 120 cm³/mol. The van der Waals surface area contributed by atoms with Gasteiger partial charge in [0, 0.05) is 0 Å². The average Bonchev–Trinajstić information content (AvgIpc) is 2.69. The van der Waals surface area contributed by atoms with Crippen molar-refractivity contribution in [3.8, 4) is 5.75 Å². The van der Waals surface area contributed by atoms with Gasteiger partial charge in [0.25, 0.3) is 0 Å². The van der Waals surface area contributed by atoms with Crippen molar-refractivity contribution in [2.75, 3.05) is 39.6 Å². The van der Waals surface area contributed by atoms with E-state index in [1.807, 2.05) is 18.2 Å². The molecule has 1 rings (SSSR count). The van der Waals surface area contributed by atoms with Crippen LogP contribution in [0, 0.1) is 0 Å². The van der Waals surface area contributed by atoms with Gasteiger partial charge in [-0.2, -0.15) is 8.42 Å². The summed E-state index contributed by atoms with van der Waals surface area (Å²) < 4.78 is 49.6. The van der Waals surface area contributed by atoms with Gasteiger partial charge in [-0.1, -0.05) is 63.6 Å². The Hall–Kier alpha value is -0.190. The van der Waals surface area contributed by atoms with E-state index >= 15 is 0 Å². The van der Waals surface area contributed by atoms with Gasteiger partial charge in [0.1, 0.15) is 12.4 Å². The van der Waals surface area contributed by atoms with Crippen LogP contribution in [0.4, 0.5) is 0 Å². The van der Waals surface area contributed by atoms with Crippen LogP contribution in [0.3, 0.4) is 0 Å². The summed E-state index contributed by atoms with van der Waals surface area (Å²) in [4.78, 5) is 0. The molecular formula is C21H37NaO7S. The number of ether oxygens (including phenoxy) is 3. The molecule has 170 valence electrons. The van der Waals surface area contributed by atoms with Crippen molar-refractivity contribution in [3.63, 3.8) is 0 Å². The summed E-state index contributed by atoms with van der Waals surface area (Å²) in [5.41, 5.74) is 1.24. The first-order valence-electron chi connectivity index (χ1n) is 10.5. The Morgan fingerprint density at radius 2 is 1.37 bits per heavy atom. The topological polar surface area (TPSA) is 91.3 Å².